The SMILES string of the molecule is CCOCCN(C)C(=O)N1CCC(C(=O)O)C1. The minimum Gasteiger partial charge on any atom is -0.481 e. The van der Waals surface area contributed by atoms with Gasteiger partial charge >= 0.3 is 12.0 Å². The van der Waals surface area contributed by atoms with Crippen LogP contribution in [0.1, 0.15) is 13.3 Å². The van der Waals surface area contributed by atoms with Crippen LogP contribution in [0.15, 0.2) is 0 Å². The van der Waals surface area contributed by atoms with Crippen molar-refractivity contribution in [2.45, 2.75) is 13.3 Å². The van der Waals surface area contributed by atoms with E-state index in [9.17, 15) is 9.59 Å². The van der Waals surface area contributed by atoms with Crippen molar-refractivity contribution in [2.24, 2.45) is 5.92 Å². The zero-order chi connectivity index (χ0) is 12.8. The first-order chi connectivity index (χ1) is 8.06. The van der Waals surface area contributed by atoms with E-state index in [2.05, 4.69) is 0 Å². The number of nitrogens with zero attached hydrogens (tertiary/aromatic N) is 2. The zero-order valence-electron chi connectivity index (χ0n) is 10.4. The third kappa shape index (κ3) is 3.89. The molecule has 1 saturated heterocycles. The average Bonchev–Trinajstić information content (AvgIpc) is 2.77. The number of hydrogen-bond acceptors (Lipinski definition) is 3. The van der Waals surface area contributed by atoms with Crippen LogP contribution in [0.3, 0.4) is 0 Å². The van der Waals surface area contributed by atoms with Crippen LogP contribution >= 0.6 is 0 Å². The minimum atomic E-state index is -0.822. The molecule has 1 rings (SSSR count). The lowest BCUT2D eigenvalue weighted by molar-refractivity contribution is -0.141. The summed E-state index contributed by atoms with van der Waals surface area (Å²) in [5.74, 6) is -1.24. The Labute approximate surface area is 101 Å². The standard InChI is InChI=1S/C11H20N2O4/c1-3-17-7-6-12(2)11(16)13-5-4-9(8-13)10(14)15/h9H,3-8H2,1-2H3,(H,14,15). The first-order valence-corrected chi connectivity index (χ1v) is 5.86. The van der Waals surface area contributed by atoms with E-state index in [4.69, 9.17) is 9.84 Å². The van der Waals surface area contributed by atoms with Crippen LogP contribution in [0.5, 0.6) is 0 Å². The second-order valence-corrected chi connectivity index (χ2v) is 4.17. The van der Waals surface area contributed by atoms with E-state index in [1.165, 1.54) is 0 Å². The van der Waals surface area contributed by atoms with Crippen LogP contribution in [0.2, 0.25) is 0 Å². The molecule has 0 radical (unpaired) electrons. The van der Waals surface area contributed by atoms with Gasteiger partial charge in [0.2, 0.25) is 0 Å². The molecule has 0 aromatic carbocycles. The molecule has 0 aromatic heterocycles. The Morgan fingerprint density at radius 2 is 2.24 bits per heavy atom. The van der Waals surface area contributed by atoms with E-state index >= 15 is 0 Å². The molecular weight excluding hydrogens is 224 g/mol. The highest BCUT2D eigenvalue weighted by Gasteiger charge is 2.31. The van der Waals surface area contributed by atoms with Crippen molar-refractivity contribution in [1.82, 2.24) is 9.80 Å². The molecule has 2 amide bonds. The maximum atomic E-state index is 11.9. The minimum absolute atomic E-state index is 0.117. The summed E-state index contributed by atoms with van der Waals surface area (Å²) in [6.45, 7) is 4.41. The highest BCUT2D eigenvalue weighted by atomic mass is 16.5. The molecule has 98 valence electrons. The summed E-state index contributed by atoms with van der Waals surface area (Å²) in [6.07, 6.45) is 0.542. The van der Waals surface area contributed by atoms with Crippen LogP contribution < -0.4 is 0 Å². The number of ether oxygens (including phenoxy) is 1. The number of carbonyl (C=O) groups is 2. The van der Waals surface area contributed by atoms with Gasteiger partial charge < -0.3 is 19.6 Å². The molecule has 0 aromatic rings. The molecule has 1 aliphatic rings. The highest BCUT2D eigenvalue weighted by molar-refractivity contribution is 5.77. The lowest BCUT2D eigenvalue weighted by atomic mass is 10.1. The second-order valence-electron chi connectivity index (χ2n) is 4.17. The van der Waals surface area contributed by atoms with E-state index in [-0.39, 0.29) is 6.03 Å². The topological polar surface area (TPSA) is 70.1 Å². The molecule has 0 aliphatic carbocycles. The third-order valence-electron chi connectivity index (χ3n) is 2.91. The molecule has 1 atom stereocenters. The lowest BCUT2D eigenvalue weighted by Gasteiger charge is -2.24. The van der Waals surface area contributed by atoms with Crippen molar-refractivity contribution >= 4 is 12.0 Å². The molecule has 1 unspecified atom stereocenters. The Bertz CT molecular complexity index is 283. The van der Waals surface area contributed by atoms with Gasteiger partial charge in [0.15, 0.2) is 0 Å². The number of carboxylic acid groups (broad SMARTS) is 1. The van der Waals surface area contributed by atoms with Crippen LogP contribution in [0.4, 0.5) is 4.79 Å². The van der Waals surface area contributed by atoms with Gasteiger partial charge in [0, 0.05) is 33.3 Å². The quantitative estimate of drug-likeness (QED) is 0.714. The molecular formula is C11H20N2O4. The fourth-order valence-corrected chi connectivity index (χ4v) is 1.82. The fraction of sp³-hybridized carbons (Fsp3) is 0.818. The predicted octanol–water partition coefficient (Wildman–Crippen LogP) is 0.481. The number of aliphatic carboxylic acids is 1. The van der Waals surface area contributed by atoms with Crippen molar-refractivity contribution < 1.29 is 19.4 Å². The highest BCUT2D eigenvalue weighted by Crippen LogP contribution is 2.17. The van der Waals surface area contributed by atoms with Gasteiger partial charge in [-0.1, -0.05) is 0 Å². The number of carbonyl (C=O) groups excluding carboxylic acids is 1. The van der Waals surface area contributed by atoms with Crippen LogP contribution in [0, 0.1) is 5.92 Å². The summed E-state index contributed by atoms with van der Waals surface area (Å²) >= 11 is 0. The predicted molar refractivity (Wildman–Crippen MR) is 61.8 cm³/mol. The normalized spacial score (nSPS) is 19.4. The molecule has 6 nitrogen and oxygen atoms in total. The number of hydrogen-bond donors (Lipinski definition) is 1. The number of likely N-dealkylation sites (tertiary alicyclic amines) is 1. The molecule has 1 aliphatic heterocycles. The van der Waals surface area contributed by atoms with Crippen LogP contribution in [-0.2, 0) is 9.53 Å². The summed E-state index contributed by atoms with van der Waals surface area (Å²) in [7, 11) is 1.70. The van der Waals surface area contributed by atoms with Gasteiger partial charge in [-0.3, -0.25) is 4.79 Å². The summed E-state index contributed by atoms with van der Waals surface area (Å²) in [5.41, 5.74) is 0. The van der Waals surface area contributed by atoms with Gasteiger partial charge in [0.05, 0.1) is 12.5 Å². The Hall–Kier alpha value is -1.30. The van der Waals surface area contributed by atoms with E-state index in [0.29, 0.717) is 39.3 Å². The molecule has 17 heavy (non-hydrogen) atoms. The smallest absolute Gasteiger partial charge is 0.319 e. The Balaban J connectivity index is 2.35. The lowest BCUT2D eigenvalue weighted by Crippen LogP contribution is -2.41. The van der Waals surface area contributed by atoms with Gasteiger partial charge in [-0.05, 0) is 13.3 Å². The molecule has 6 heteroatoms. The van der Waals surface area contributed by atoms with Gasteiger partial charge in [0.25, 0.3) is 0 Å². The number of carboxylic acids is 1. The number of urea groups is 1. The summed E-state index contributed by atoms with van der Waals surface area (Å²) in [6, 6.07) is -0.117. The van der Waals surface area contributed by atoms with Crippen molar-refractivity contribution in [2.75, 3.05) is 39.9 Å². The summed E-state index contributed by atoms with van der Waals surface area (Å²) < 4.78 is 5.17. The van der Waals surface area contributed by atoms with Gasteiger partial charge in [-0.2, -0.15) is 0 Å². The number of likely N-dealkylation sites (N-methyl/N-ethyl adjacent to an activating group) is 1. The number of amides is 2. The molecule has 0 bridgehead atoms. The molecule has 0 spiro atoms. The van der Waals surface area contributed by atoms with Crippen molar-refractivity contribution in [3.8, 4) is 0 Å². The maximum Gasteiger partial charge on any atom is 0.319 e. The average molecular weight is 244 g/mol. The largest absolute Gasteiger partial charge is 0.481 e. The second kappa shape index (κ2) is 6.44. The Morgan fingerprint density at radius 3 is 2.76 bits per heavy atom. The maximum absolute atomic E-state index is 11.9. The summed E-state index contributed by atoms with van der Waals surface area (Å²) in [5, 5.41) is 8.85. The molecule has 0 saturated carbocycles. The van der Waals surface area contributed by atoms with Crippen molar-refractivity contribution in [1.29, 1.82) is 0 Å². The van der Waals surface area contributed by atoms with Gasteiger partial charge in [-0.25, -0.2) is 4.79 Å². The first kappa shape index (κ1) is 13.8. The first-order valence-electron chi connectivity index (χ1n) is 5.86. The van der Waals surface area contributed by atoms with Gasteiger partial charge in [-0.15, -0.1) is 0 Å². The van der Waals surface area contributed by atoms with E-state index < -0.39 is 11.9 Å². The van der Waals surface area contributed by atoms with Crippen LogP contribution in [-0.4, -0.2) is 66.8 Å². The molecule has 1 heterocycles. The molecule has 1 N–H and O–H groups in total. The fourth-order valence-electron chi connectivity index (χ4n) is 1.82. The Kier molecular flexibility index (Phi) is 5.21. The van der Waals surface area contributed by atoms with Crippen LogP contribution in [0.25, 0.3) is 0 Å². The summed E-state index contributed by atoms with van der Waals surface area (Å²) in [4.78, 5) is 25.8. The van der Waals surface area contributed by atoms with E-state index in [1.54, 1.807) is 16.8 Å². The Morgan fingerprint density at radius 1 is 1.53 bits per heavy atom. The van der Waals surface area contributed by atoms with Crippen molar-refractivity contribution in [3.63, 3.8) is 0 Å². The van der Waals surface area contributed by atoms with Gasteiger partial charge in [0.1, 0.15) is 0 Å². The van der Waals surface area contributed by atoms with E-state index in [0.717, 1.165) is 0 Å². The molecule has 1 fully saturated rings. The van der Waals surface area contributed by atoms with E-state index in [1.807, 2.05) is 6.92 Å². The number of rotatable bonds is 5. The zero-order valence-corrected chi connectivity index (χ0v) is 10.4. The van der Waals surface area contributed by atoms with Crippen molar-refractivity contribution in [3.05, 3.63) is 0 Å². The third-order valence-corrected chi connectivity index (χ3v) is 2.91. The monoisotopic (exact) mass is 244 g/mol.